The topological polar surface area (TPSA) is 82.5 Å². The molecule has 3 aromatic rings. The number of pyridine rings is 1. The smallest absolute Gasteiger partial charge is 0.344 e. The molecule has 0 radical (unpaired) electrons. The summed E-state index contributed by atoms with van der Waals surface area (Å²) in [4.78, 5) is 29.4. The van der Waals surface area contributed by atoms with Crippen molar-refractivity contribution in [3.05, 3.63) is 72.3 Å². The van der Waals surface area contributed by atoms with E-state index in [1.54, 1.807) is 6.92 Å². The Morgan fingerprint density at radius 3 is 2.62 bits per heavy atom. The Kier molecular flexibility index (Phi) is 7.40. The molecule has 2 aromatic carbocycles. The molecule has 5 nitrogen and oxygen atoms in total. The van der Waals surface area contributed by atoms with Gasteiger partial charge in [-0.2, -0.15) is 0 Å². The fourth-order valence-corrected chi connectivity index (χ4v) is 5.42. The number of fused-ring (bicyclic) bond motifs is 1. The van der Waals surface area contributed by atoms with Crippen LogP contribution in [0.15, 0.2) is 71.8 Å². The van der Waals surface area contributed by atoms with E-state index >= 15 is 0 Å². The Morgan fingerprint density at radius 1 is 1.17 bits per heavy atom. The number of carbonyl (C=O) groups is 1. The lowest BCUT2D eigenvalue weighted by Crippen LogP contribution is -2.45. The van der Waals surface area contributed by atoms with Gasteiger partial charge in [0.1, 0.15) is 10.8 Å². The average Bonchev–Trinajstić information content (AvgIpc) is 2.73. The second kappa shape index (κ2) is 9.99. The van der Waals surface area contributed by atoms with Crippen LogP contribution in [-0.4, -0.2) is 39.6 Å². The maximum absolute atomic E-state index is 12.8. The molecule has 29 heavy (non-hydrogen) atoms. The monoisotopic (exact) mass is 427 g/mol. The summed E-state index contributed by atoms with van der Waals surface area (Å²) in [5.41, 5.74) is 0.292. The van der Waals surface area contributed by atoms with E-state index in [1.807, 2.05) is 66.7 Å². The third-order valence-corrected chi connectivity index (χ3v) is 7.10. The van der Waals surface area contributed by atoms with Gasteiger partial charge in [-0.05, 0) is 24.6 Å². The fourth-order valence-electron chi connectivity index (χ4n) is 3.01. The van der Waals surface area contributed by atoms with Crippen LogP contribution in [0.4, 0.5) is 0 Å². The number of rotatable bonds is 9. The van der Waals surface area contributed by atoms with Crippen LogP contribution < -0.4 is 4.89 Å². The van der Waals surface area contributed by atoms with Gasteiger partial charge in [0.2, 0.25) is 5.60 Å². The first kappa shape index (κ1) is 21.5. The van der Waals surface area contributed by atoms with Crippen LogP contribution in [0.1, 0.15) is 12.5 Å². The van der Waals surface area contributed by atoms with Crippen LogP contribution in [0.2, 0.25) is 0 Å². The minimum atomic E-state index is -1.93. The summed E-state index contributed by atoms with van der Waals surface area (Å²) in [6.07, 6.45) is 0.122. The molecule has 0 fully saturated rings. The zero-order valence-corrected chi connectivity index (χ0v) is 17.7. The molecule has 0 spiro atoms. The van der Waals surface area contributed by atoms with Crippen LogP contribution in [-0.2, 0) is 16.0 Å². The Labute approximate surface area is 175 Å². The molecule has 3 rings (SSSR count). The number of benzene rings is 2. The minimum absolute atomic E-state index is 0.122. The van der Waals surface area contributed by atoms with E-state index in [4.69, 9.17) is 4.74 Å². The van der Waals surface area contributed by atoms with Crippen LogP contribution in [0.25, 0.3) is 10.9 Å². The van der Waals surface area contributed by atoms with Crippen molar-refractivity contribution in [1.82, 2.24) is 4.98 Å². The van der Waals surface area contributed by atoms with E-state index in [1.165, 1.54) is 17.6 Å². The van der Waals surface area contributed by atoms with Gasteiger partial charge < -0.3 is 14.7 Å². The molecular formula is C22H22NO4PS. The van der Waals surface area contributed by atoms with Crippen LogP contribution in [0.5, 0.6) is 0 Å². The first-order valence-electron chi connectivity index (χ1n) is 9.22. The fraction of sp³-hybridized carbons (Fsp3) is 0.227. The molecule has 2 unspecified atom stereocenters. The van der Waals surface area contributed by atoms with Crippen molar-refractivity contribution in [2.75, 3.05) is 12.1 Å². The molecule has 2 atom stereocenters. The highest BCUT2D eigenvalue weighted by atomic mass is 32.2. The molecule has 1 heterocycles. The largest absolute Gasteiger partial charge is 0.630 e. The predicted molar refractivity (Wildman–Crippen MR) is 118 cm³/mol. The van der Waals surface area contributed by atoms with Gasteiger partial charge in [-0.3, -0.25) is 0 Å². The molecule has 0 bridgehead atoms. The summed E-state index contributed by atoms with van der Waals surface area (Å²) in [6, 6.07) is 20.9. The number of hydrogen-bond acceptors (Lipinski definition) is 5. The maximum atomic E-state index is 12.8. The van der Waals surface area contributed by atoms with Gasteiger partial charge in [0.15, 0.2) is 5.49 Å². The lowest BCUT2D eigenvalue weighted by molar-refractivity contribution is -0.158. The van der Waals surface area contributed by atoms with Crippen molar-refractivity contribution in [2.45, 2.75) is 24.0 Å². The maximum Gasteiger partial charge on any atom is 0.344 e. The van der Waals surface area contributed by atoms with Gasteiger partial charge in [0.05, 0.1) is 13.3 Å². The van der Waals surface area contributed by atoms with Crippen molar-refractivity contribution in [3.63, 3.8) is 0 Å². The highest BCUT2D eigenvalue weighted by molar-refractivity contribution is 8.04. The van der Waals surface area contributed by atoms with Gasteiger partial charge >= 0.3 is 5.97 Å². The number of aliphatic carboxylic acids is 1. The van der Waals surface area contributed by atoms with Crippen molar-refractivity contribution < 1.29 is 19.5 Å². The van der Waals surface area contributed by atoms with E-state index in [0.717, 1.165) is 21.5 Å². The van der Waals surface area contributed by atoms with Crippen LogP contribution in [0.3, 0.4) is 0 Å². The van der Waals surface area contributed by atoms with Crippen molar-refractivity contribution in [1.29, 1.82) is 0 Å². The summed E-state index contributed by atoms with van der Waals surface area (Å²) in [6.45, 7) is 1.94. The molecule has 0 saturated heterocycles. The lowest BCUT2D eigenvalue weighted by atomic mass is 9.96. The number of thioether (sulfide) groups is 1. The zero-order valence-electron chi connectivity index (χ0n) is 16.0. The molecule has 0 saturated carbocycles. The van der Waals surface area contributed by atoms with Gasteiger partial charge in [-0.15, -0.1) is 0 Å². The number of aromatic nitrogens is 1. The number of hydrogen-bond donors (Lipinski definition) is 1. The average molecular weight is 427 g/mol. The quantitative estimate of drug-likeness (QED) is 0.411. The molecule has 150 valence electrons. The number of carboxylic acid groups (broad SMARTS) is 1. The summed E-state index contributed by atoms with van der Waals surface area (Å²) in [5.74, 6) is 0.204. The summed E-state index contributed by atoms with van der Waals surface area (Å²) < 4.78 is 5.61. The third kappa shape index (κ3) is 5.64. The normalized spacial score (nSPS) is 13.9. The Hall–Kier alpha value is -2.24. The lowest BCUT2D eigenvalue weighted by Gasteiger charge is -2.24. The number of nitrogens with zero attached hydrogens (tertiary/aromatic N) is 1. The van der Waals surface area contributed by atoms with E-state index < -0.39 is 19.3 Å². The van der Waals surface area contributed by atoms with E-state index in [-0.39, 0.29) is 18.5 Å². The summed E-state index contributed by atoms with van der Waals surface area (Å²) in [7, 11) is -1.93. The molecule has 7 heteroatoms. The Balaban J connectivity index is 1.79. The van der Waals surface area contributed by atoms with Gasteiger partial charge in [0.25, 0.3) is 0 Å². The first-order chi connectivity index (χ1) is 14.0. The molecule has 1 aromatic heterocycles. The molecular weight excluding hydrogens is 405 g/mol. The highest BCUT2D eigenvalue weighted by Gasteiger charge is 2.41. The van der Waals surface area contributed by atoms with Gasteiger partial charge in [-0.1, -0.05) is 66.4 Å². The SMILES string of the molecule is CCOC(C=[P+]([O-])CSc1ccc2ccccc2n1)(Cc1ccccc1)C(=O)O. The van der Waals surface area contributed by atoms with E-state index in [0.29, 0.717) is 0 Å². The predicted octanol–water partition coefficient (Wildman–Crippen LogP) is 3.95. The van der Waals surface area contributed by atoms with Crippen molar-refractivity contribution in [2.24, 2.45) is 0 Å². The molecule has 0 aliphatic heterocycles. The molecule has 0 amide bonds. The van der Waals surface area contributed by atoms with Gasteiger partial charge in [0, 0.05) is 18.4 Å². The van der Waals surface area contributed by atoms with Crippen LogP contribution in [0, 0.1) is 0 Å². The third-order valence-electron chi connectivity index (χ3n) is 4.34. The standard InChI is InChI=1S/C22H22NO4PS/c1-2-27-22(21(24)25,14-17-8-4-3-5-9-17)15-28(26)16-29-20-13-12-18-10-6-7-11-19(18)23-20/h3-13,15H,2,14,16H2,1H3,(H,24,25). The molecule has 1 N–H and O–H groups in total. The van der Waals surface area contributed by atoms with Crippen molar-refractivity contribution in [3.8, 4) is 0 Å². The minimum Gasteiger partial charge on any atom is -0.630 e. The second-order valence-corrected chi connectivity index (χ2v) is 9.28. The van der Waals surface area contributed by atoms with Crippen molar-refractivity contribution >= 4 is 42.2 Å². The first-order valence-corrected chi connectivity index (χ1v) is 11.7. The zero-order chi connectivity index (χ0) is 20.7. The highest BCUT2D eigenvalue weighted by Crippen LogP contribution is 2.30. The van der Waals surface area contributed by atoms with Gasteiger partial charge in [-0.25, -0.2) is 9.78 Å². The Morgan fingerprint density at radius 2 is 1.90 bits per heavy atom. The molecule has 0 aliphatic carbocycles. The van der Waals surface area contributed by atoms with Crippen LogP contribution >= 0.6 is 19.5 Å². The number of para-hydroxylation sites is 1. The summed E-state index contributed by atoms with van der Waals surface area (Å²) >= 11 is 1.35. The number of carboxylic acids is 1. The molecule has 0 aliphatic rings. The van der Waals surface area contributed by atoms with E-state index in [2.05, 4.69) is 4.98 Å². The van der Waals surface area contributed by atoms with E-state index in [9.17, 15) is 14.8 Å². The Bertz CT molecular complexity index is 1010. The second-order valence-electron chi connectivity index (χ2n) is 6.45. The number of ether oxygens (including phenoxy) is 1. The summed E-state index contributed by atoms with van der Waals surface area (Å²) in [5, 5.41) is 11.7.